The summed E-state index contributed by atoms with van der Waals surface area (Å²) in [5, 5.41) is 22.8. The number of hydrogen-bond donors (Lipinski definition) is 2. The van der Waals surface area contributed by atoms with Gasteiger partial charge in [0.1, 0.15) is 0 Å². The van der Waals surface area contributed by atoms with Gasteiger partial charge in [-0.2, -0.15) is 0 Å². The highest BCUT2D eigenvalue weighted by atomic mass is 16.6. The van der Waals surface area contributed by atoms with E-state index < -0.39 is 22.5 Å². The maximum absolute atomic E-state index is 12.5. The number of benzene rings is 1. The molecule has 1 fully saturated rings. The van der Waals surface area contributed by atoms with E-state index in [0.717, 1.165) is 18.2 Å². The molecule has 0 aliphatic heterocycles. The second-order valence-electron chi connectivity index (χ2n) is 6.62. The van der Waals surface area contributed by atoms with Gasteiger partial charge >= 0.3 is 5.97 Å². The summed E-state index contributed by atoms with van der Waals surface area (Å²) in [4.78, 5) is 33.8. The number of aromatic carboxylic acids is 1. The molecule has 0 radical (unpaired) electrons. The van der Waals surface area contributed by atoms with Crippen molar-refractivity contribution in [1.82, 2.24) is 5.32 Å². The zero-order valence-electron chi connectivity index (χ0n) is 13.9. The Hall–Kier alpha value is -2.48. The minimum atomic E-state index is -1.33. The van der Waals surface area contributed by atoms with Crippen molar-refractivity contribution in [2.45, 2.75) is 32.9 Å². The number of hydrogen-bond acceptors (Lipinski definition) is 5. The van der Waals surface area contributed by atoms with E-state index in [4.69, 9.17) is 9.84 Å². The van der Waals surface area contributed by atoms with Crippen molar-refractivity contribution in [1.29, 1.82) is 0 Å². The van der Waals surface area contributed by atoms with Crippen molar-refractivity contribution in [2.75, 3.05) is 7.11 Å². The lowest BCUT2D eigenvalue weighted by molar-refractivity contribution is -0.384. The predicted molar refractivity (Wildman–Crippen MR) is 85.1 cm³/mol. The number of carbonyl (C=O) groups excluding carboxylic acids is 1. The van der Waals surface area contributed by atoms with Crippen LogP contribution in [-0.4, -0.2) is 41.2 Å². The van der Waals surface area contributed by atoms with Crippen LogP contribution in [-0.2, 0) is 4.74 Å². The van der Waals surface area contributed by atoms with Gasteiger partial charge in [0, 0.05) is 42.2 Å². The number of rotatable bonds is 5. The third-order valence-corrected chi connectivity index (χ3v) is 4.72. The molecule has 0 saturated heterocycles. The average molecular weight is 336 g/mol. The van der Waals surface area contributed by atoms with Gasteiger partial charge in [0.25, 0.3) is 11.6 Å². The number of methoxy groups -OCH3 is 1. The molecule has 1 aromatic rings. The molecule has 8 heteroatoms. The molecule has 3 unspecified atom stereocenters. The zero-order chi connectivity index (χ0) is 18.2. The van der Waals surface area contributed by atoms with Crippen LogP contribution in [0.25, 0.3) is 0 Å². The lowest BCUT2D eigenvalue weighted by atomic mass is 9.58. The van der Waals surface area contributed by atoms with Gasteiger partial charge in [-0.25, -0.2) is 4.79 Å². The molecule has 2 rings (SSSR count). The number of carboxylic acids is 1. The Morgan fingerprint density at radius 3 is 2.33 bits per heavy atom. The number of nitrogens with one attached hydrogen (secondary N) is 1. The van der Waals surface area contributed by atoms with Gasteiger partial charge in [-0.3, -0.25) is 14.9 Å². The molecule has 8 nitrogen and oxygen atoms in total. The second kappa shape index (κ2) is 6.20. The summed E-state index contributed by atoms with van der Waals surface area (Å²) >= 11 is 0. The lowest BCUT2D eigenvalue weighted by Crippen LogP contribution is -2.67. The van der Waals surface area contributed by atoms with Gasteiger partial charge in [0.2, 0.25) is 0 Å². The molecule has 1 aliphatic carbocycles. The number of non-ortho nitro benzene ring substituents is 1. The Labute approximate surface area is 139 Å². The molecule has 1 aromatic carbocycles. The number of nitro groups is 1. The summed E-state index contributed by atoms with van der Waals surface area (Å²) in [5.74, 6) is -1.79. The number of carbonyl (C=O) groups is 2. The first-order valence-corrected chi connectivity index (χ1v) is 7.46. The van der Waals surface area contributed by atoms with Gasteiger partial charge in [-0.15, -0.1) is 0 Å². The van der Waals surface area contributed by atoms with Crippen LogP contribution < -0.4 is 5.32 Å². The summed E-state index contributed by atoms with van der Waals surface area (Å²) in [6, 6.07) is 2.96. The maximum Gasteiger partial charge on any atom is 0.335 e. The normalized spacial score (nSPS) is 24.8. The molecular weight excluding hydrogens is 316 g/mol. The average Bonchev–Trinajstić information content (AvgIpc) is 2.51. The van der Waals surface area contributed by atoms with Crippen molar-refractivity contribution in [3.63, 3.8) is 0 Å². The largest absolute Gasteiger partial charge is 0.478 e. The molecule has 24 heavy (non-hydrogen) atoms. The number of amides is 1. The van der Waals surface area contributed by atoms with Crippen LogP contribution in [0.15, 0.2) is 18.2 Å². The molecule has 1 saturated carbocycles. The van der Waals surface area contributed by atoms with Crippen molar-refractivity contribution >= 4 is 17.6 Å². The van der Waals surface area contributed by atoms with Crippen LogP contribution in [0.5, 0.6) is 0 Å². The van der Waals surface area contributed by atoms with E-state index in [0.29, 0.717) is 0 Å². The zero-order valence-corrected chi connectivity index (χ0v) is 13.9. The quantitative estimate of drug-likeness (QED) is 0.627. The highest BCUT2D eigenvalue weighted by Gasteiger charge is 2.55. The Morgan fingerprint density at radius 2 is 1.88 bits per heavy atom. The minimum Gasteiger partial charge on any atom is -0.478 e. The Kier molecular flexibility index (Phi) is 4.61. The van der Waals surface area contributed by atoms with E-state index in [1.165, 1.54) is 0 Å². The topological polar surface area (TPSA) is 119 Å². The maximum atomic E-state index is 12.5. The predicted octanol–water partition coefficient (Wildman–Crippen LogP) is 2.08. The molecule has 1 amide bonds. The van der Waals surface area contributed by atoms with Crippen molar-refractivity contribution in [3.05, 3.63) is 39.4 Å². The van der Waals surface area contributed by atoms with E-state index in [-0.39, 0.29) is 34.6 Å². The first kappa shape index (κ1) is 17.9. The van der Waals surface area contributed by atoms with E-state index in [9.17, 15) is 19.7 Å². The van der Waals surface area contributed by atoms with E-state index in [2.05, 4.69) is 5.32 Å². The van der Waals surface area contributed by atoms with Gasteiger partial charge in [-0.1, -0.05) is 20.8 Å². The molecule has 0 bridgehead atoms. The van der Waals surface area contributed by atoms with Crippen LogP contribution >= 0.6 is 0 Å². The minimum absolute atomic E-state index is 0.0116. The Morgan fingerprint density at radius 1 is 1.29 bits per heavy atom. The van der Waals surface area contributed by atoms with Crippen LogP contribution in [0.1, 0.15) is 41.5 Å². The number of nitro benzene ring substituents is 1. The summed E-state index contributed by atoms with van der Waals surface area (Å²) < 4.78 is 5.41. The van der Waals surface area contributed by atoms with Crippen molar-refractivity contribution in [2.24, 2.45) is 11.3 Å². The standard InChI is InChI=1S/C16H20N2O6/c1-8-12(16(2,3)13(8)24-4)17-14(19)9-5-10(15(20)21)7-11(6-9)18(22)23/h5-8,12-13H,1-4H3,(H,17,19)(H,20,21). The molecular formula is C16H20N2O6. The van der Waals surface area contributed by atoms with Gasteiger partial charge in [-0.05, 0) is 6.07 Å². The third kappa shape index (κ3) is 2.96. The highest BCUT2D eigenvalue weighted by molar-refractivity contribution is 5.98. The Balaban J connectivity index is 2.27. The van der Waals surface area contributed by atoms with Gasteiger partial charge in [0.15, 0.2) is 0 Å². The fourth-order valence-electron chi connectivity index (χ4n) is 3.62. The van der Waals surface area contributed by atoms with Crippen molar-refractivity contribution in [3.8, 4) is 0 Å². The van der Waals surface area contributed by atoms with Crippen LogP contribution in [0.4, 0.5) is 5.69 Å². The molecule has 0 spiro atoms. The number of carboxylic acid groups (broad SMARTS) is 1. The van der Waals surface area contributed by atoms with Crippen molar-refractivity contribution < 1.29 is 24.4 Å². The van der Waals surface area contributed by atoms with E-state index in [1.807, 2.05) is 20.8 Å². The second-order valence-corrected chi connectivity index (χ2v) is 6.62. The fraction of sp³-hybridized carbons (Fsp3) is 0.500. The van der Waals surface area contributed by atoms with Gasteiger partial charge < -0.3 is 15.2 Å². The highest BCUT2D eigenvalue weighted by Crippen LogP contribution is 2.47. The molecule has 130 valence electrons. The molecule has 2 N–H and O–H groups in total. The molecule has 0 aromatic heterocycles. The van der Waals surface area contributed by atoms with Gasteiger partial charge in [0.05, 0.1) is 16.6 Å². The monoisotopic (exact) mass is 336 g/mol. The first-order chi connectivity index (χ1) is 11.1. The molecule has 0 heterocycles. The van der Waals surface area contributed by atoms with E-state index in [1.54, 1.807) is 7.11 Å². The summed E-state index contributed by atoms with van der Waals surface area (Å²) in [6.07, 6.45) is -0.0116. The fourth-order valence-corrected chi connectivity index (χ4v) is 3.62. The van der Waals surface area contributed by atoms with Crippen LogP contribution in [0, 0.1) is 21.4 Å². The summed E-state index contributed by atoms with van der Waals surface area (Å²) in [7, 11) is 1.61. The van der Waals surface area contributed by atoms with Crippen LogP contribution in [0.3, 0.4) is 0 Å². The number of ether oxygens (including phenoxy) is 1. The molecule has 3 atom stereocenters. The molecule has 1 aliphatic rings. The summed E-state index contributed by atoms with van der Waals surface area (Å²) in [5.41, 5.74) is -1.08. The SMILES string of the molecule is COC1C(C)C(NC(=O)c2cc(C(=O)O)cc([N+](=O)[O-])c2)C1(C)C. The smallest absolute Gasteiger partial charge is 0.335 e. The van der Waals surface area contributed by atoms with Crippen LogP contribution in [0.2, 0.25) is 0 Å². The van der Waals surface area contributed by atoms with E-state index >= 15 is 0 Å². The third-order valence-electron chi connectivity index (χ3n) is 4.72. The summed E-state index contributed by atoms with van der Waals surface area (Å²) in [6.45, 7) is 5.87. The Bertz CT molecular complexity index is 668. The first-order valence-electron chi connectivity index (χ1n) is 7.46. The number of nitrogens with zero attached hydrogens (tertiary/aromatic N) is 1. The lowest BCUT2D eigenvalue weighted by Gasteiger charge is -2.56.